The van der Waals surface area contributed by atoms with Crippen molar-refractivity contribution in [3.63, 3.8) is 0 Å². The van der Waals surface area contributed by atoms with Crippen LogP contribution in [-0.2, 0) is 28.6 Å². The molecule has 0 aromatic rings. The van der Waals surface area contributed by atoms with Crippen molar-refractivity contribution in [2.75, 3.05) is 19.8 Å². The van der Waals surface area contributed by atoms with Crippen LogP contribution in [0.3, 0.4) is 0 Å². The van der Waals surface area contributed by atoms with E-state index in [9.17, 15) is 14.4 Å². The number of nitrogens with one attached hydrogen (secondary N) is 1. The molecule has 0 aromatic heterocycles. The zero-order valence-corrected chi connectivity index (χ0v) is 11.2. The average Bonchev–Trinajstić information content (AvgIpc) is 2.36. The molecule has 0 rings (SSSR count). The molecule has 0 fully saturated rings. The number of hydrogen-bond acceptors (Lipinski definition) is 8. The molecule has 0 radical (unpaired) electrons. The lowest BCUT2D eigenvalue weighted by Gasteiger charge is -2.21. The third-order valence-electron chi connectivity index (χ3n) is 2.09. The summed E-state index contributed by atoms with van der Waals surface area (Å²) in [5.41, 5.74) is 1.59. The zero-order chi connectivity index (χ0) is 14.8. The number of carbonyl (C=O) groups excluding carboxylic acids is 3. The summed E-state index contributed by atoms with van der Waals surface area (Å²) in [5.74, 6) is -4.51. The van der Waals surface area contributed by atoms with Crippen LogP contribution in [0.5, 0.6) is 0 Å². The molecule has 0 spiro atoms. The van der Waals surface area contributed by atoms with Gasteiger partial charge in [-0.05, 0) is 20.8 Å². The summed E-state index contributed by atoms with van der Waals surface area (Å²) in [6.45, 7) is 4.73. The maximum Gasteiger partial charge on any atom is 0.326 e. The Hall–Kier alpha value is -1.67. The molecule has 1 atom stereocenters. The van der Waals surface area contributed by atoms with E-state index in [-0.39, 0.29) is 19.8 Å². The fourth-order valence-corrected chi connectivity index (χ4v) is 1.33. The van der Waals surface area contributed by atoms with Crippen molar-refractivity contribution in [2.24, 2.45) is 5.92 Å². The summed E-state index contributed by atoms with van der Waals surface area (Å²) in [6, 6.07) is -1.57. The first-order chi connectivity index (χ1) is 9.03. The van der Waals surface area contributed by atoms with Gasteiger partial charge in [-0.3, -0.25) is 14.4 Å². The first-order valence-electron chi connectivity index (χ1n) is 5.92. The van der Waals surface area contributed by atoms with E-state index >= 15 is 0 Å². The van der Waals surface area contributed by atoms with E-state index in [1.165, 1.54) is 0 Å². The summed E-state index contributed by atoms with van der Waals surface area (Å²) in [4.78, 5) is 34.9. The van der Waals surface area contributed by atoms with Gasteiger partial charge < -0.3 is 19.4 Å². The third kappa shape index (κ3) is 5.23. The van der Waals surface area contributed by atoms with Gasteiger partial charge in [-0.15, -0.1) is 0 Å². The van der Waals surface area contributed by atoms with Crippen molar-refractivity contribution < 1.29 is 33.8 Å². The quantitative estimate of drug-likeness (QED) is 0.268. The second-order valence-electron chi connectivity index (χ2n) is 3.34. The van der Waals surface area contributed by atoms with E-state index in [4.69, 9.17) is 5.21 Å². The maximum atomic E-state index is 11.7. The predicted molar refractivity (Wildman–Crippen MR) is 62.1 cm³/mol. The second-order valence-corrected chi connectivity index (χ2v) is 3.34. The molecule has 0 amide bonds. The lowest BCUT2D eigenvalue weighted by atomic mass is 10.0. The molecular formula is C11H19NO7. The Kier molecular flexibility index (Phi) is 8.47. The molecule has 1 unspecified atom stereocenters. The molecular weight excluding hydrogens is 258 g/mol. The zero-order valence-electron chi connectivity index (χ0n) is 11.2. The molecule has 0 bridgehead atoms. The highest BCUT2D eigenvalue weighted by molar-refractivity contribution is 6.00. The second kappa shape index (κ2) is 9.29. The highest BCUT2D eigenvalue weighted by Gasteiger charge is 2.42. The van der Waals surface area contributed by atoms with Gasteiger partial charge in [0, 0.05) is 0 Å². The Morgan fingerprint density at radius 3 is 1.58 bits per heavy atom. The molecule has 0 aliphatic carbocycles. The van der Waals surface area contributed by atoms with Gasteiger partial charge in [0.1, 0.15) is 0 Å². The molecule has 0 saturated heterocycles. The highest BCUT2D eigenvalue weighted by atomic mass is 16.6. The molecule has 0 saturated carbocycles. The summed E-state index contributed by atoms with van der Waals surface area (Å²) in [7, 11) is 0. The lowest BCUT2D eigenvalue weighted by Crippen LogP contribution is -2.50. The molecule has 0 aliphatic heterocycles. The Balaban J connectivity index is 5.11. The van der Waals surface area contributed by atoms with Crippen LogP contribution in [0.25, 0.3) is 0 Å². The van der Waals surface area contributed by atoms with Crippen LogP contribution in [0.4, 0.5) is 0 Å². The van der Waals surface area contributed by atoms with E-state index in [0.717, 1.165) is 0 Å². The first kappa shape index (κ1) is 17.3. The monoisotopic (exact) mass is 277 g/mol. The Morgan fingerprint density at radius 2 is 1.26 bits per heavy atom. The number of hydrogen-bond donors (Lipinski definition) is 2. The number of ether oxygens (including phenoxy) is 3. The van der Waals surface area contributed by atoms with Crippen LogP contribution in [0.1, 0.15) is 20.8 Å². The molecule has 2 N–H and O–H groups in total. The molecule has 8 heteroatoms. The summed E-state index contributed by atoms with van der Waals surface area (Å²) in [6.07, 6.45) is 0. The van der Waals surface area contributed by atoms with Crippen molar-refractivity contribution in [2.45, 2.75) is 26.8 Å². The van der Waals surface area contributed by atoms with Gasteiger partial charge in [0.2, 0.25) is 0 Å². The third-order valence-corrected chi connectivity index (χ3v) is 2.09. The summed E-state index contributed by atoms with van der Waals surface area (Å²) in [5, 5.41) is 8.96. The molecule has 0 heterocycles. The predicted octanol–water partition coefficient (Wildman–Crippen LogP) is -0.361. The van der Waals surface area contributed by atoms with Crippen LogP contribution in [-0.4, -0.2) is 49.0 Å². The van der Waals surface area contributed by atoms with Crippen molar-refractivity contribution in [3.05, 3.63) is 0 Å². The SMILES string of the molecule is CCOC(=O)C(NO)C(C(=O)OCC)C(=O)OCC. The van der Waals surface area contributed by atoms with Gasteiger partial charge in [-0.25, -0.2) is 0 Å². The highest BCUT2D eigenvalue weighted by Crippen LogP contribution is 2.11. The average molecular weight is 277 g/mol. The van der Waals surface area contributed by atoms with Crippen molar-refractivity contribution >= 4 is 17.9 Å². The standard InChI is InChI=1S/C11H19NO7/c1-4-17-9(13)7(10(14)18-5-2)8(12-16)11(15)19-6-3/h7-8,12,16H,4-6H2,1-3H3. The van der Waals surface area contributed by atoms with Gasteiger partial charge in [0.05, 0.1) is 19.8 Å². The Labute approximate surface area is 111 Å². The fourth-order valence-electron chi connectivity index (χ4n) is 1.33. The minimum absolute atomic E-state index is 0.0235. The van der Waals surface area contributed by atoms with E-state index in [1.54, 1.807) is 26.3 Å². The molecule has 0 aliphatic rings. The minimum atomic E-state index is -1.62. The van der Waals surface area contributed by atoms with Crippen LogP contribution >= 0.6 is 0 Å². The number of carbonyl (C=O) groups is 3. The number of hydroxylamine groups is 1. The Bertz CT molecular complexity index is 300. The van der Waals surface area contributed by atoms with Gasteiger partial charge >= 0.3 is 17.9 Å². The molecule has 8 nitrogen and oxygen atoms in total. The summed E-state index contributed by atoms with van der Waals surface area (Å²) >= 11 is 0. The topological polar surface area (TPSA) is 111 Å². The first-order valence-corrected chi connectivity index (χ1v) is 5.92. The smallest absolute Gasteiger partial charge is 0.326 e. The van der Waals surface area contributed by atoms with Gasteiger partial charge in [0.25, 0.3) is 0 Å². The molecule has 0 aromatic carbocycles. The number of rotatable bonds is 8. The minimum Gasteiger partial charge on any atom is -0.465 e. The lowest BCUT2D eigenvalue weighted by molar-refractivity contribution is -0.171. The van der Waals surface area contributed by atoms with Gasteiger partial charge in [0.15, 0.2) is 12.0 Å². The van der Waals surface area contributed by atoms with Crippen molar-refractivity contribution in [1.29, 1.82) is 0 Å². The fraction of sp³-hybridized carbons (Fsp3) is 0.727. The van der Waals surface area contributed by atoms with Crippen LogP contribution < -0.4 is 5.48 Å². The van der Waals surface area contributed by atoms with Crippen molar-refractivity contribution in [3.8, 4) is 0 Å². The van der Waals surface area contributed by atoms with Crippen molar-refractivity contribution in [1.82, 2.24) is 5.48 Å². The van der Waals surface area contributed by atoms with E-state index in [0.29, 0.717) is 0 Å². The van der Waals surface area contributed by atoms with E-state index in [2.05, 4.69) is 14.2 Å². The molecule has 19 heavy (non-hydrogen) atoms. The van der Waals surface area contributed by atoms with E-state index < -0.39 is 29.9 Å². The van der Waals surface area contributed by atoms with Crippen LogP contribution in [0.15, 0.2) is 0 Å². The van der Waals surface area contributed by atoms with Gasteiger partial charge in [-0.1, -0.05) is 0 Å². The van der Waals surface area contributed by atoms with Crippen LogP contribution in [0, 0.1) is 5.92 Å². The largest absolute Gasteiger partial charge is 0.465 e. The molecule has 110 valence electrons. The normalized spacial score (nSPS) is 11.8. The van der Waals surface area contributed by atoms with E-state index in [1.807, 2.05) is 0 Å². The van der Waals surface area contributed by atoms with Crippen LogP contribution in [0.2, 0.25) is 0 Å². The Morgan fingerprint density at radius 1 is 0.895 bits per heavy atom. The maximum absolute atomic E-state index is 11.7. The number of esters is 3. The summed E-state index contributed by atoms with van der Waals surface area (Å²) < 4.78 is 14.0. The van der Waals surface area contributed by atoms with Gasteiger partial charge in [-0.2, -0.15) is 5.48 Å².